The fraction of sp³-hybridized carbons (Fsp3) is 0.250. The molecule has 0 spiro atoms. The minimum Gasteiger partial charge on any atom is -0.493 e. The predicted octanol–water partition coefficient (Wildman–Crippen LogP) is 2.68. The van der Waals surface area contributed by atoms with Crippen LogP contribution in [0.3, 0.4) is 0 Å². The third-order valence-electron chi connectivity index (χ3n) is 6.00. The number of benzene rings is 2. The Labute approximate surface area is 223 Å². The lowest BCUT2D eigenvalue weighted by atomic mass is 9.84. The molecule has 1 aromatic heterocycles. The van der Waals surface area contributed by atoms with Crippen LogP contribution in [0.5, 0.6) is 23.0 Å². The lowest BCUT2D eigenvalue weighted by Gasteiger charge is -2.23. The van der Waals surface area contributed by atoms with Crippen molar-refractivity contribution in [2.75, 3.05) is 27.4 Å². The van der Waals surface area contributed by atoms with Gasteiger partial charge in [0.05, 0.1) is 61.2 Å². The molecule has 2 aromatic carbocycles. The monoisotopic (exact) mass is 530 g/mol. The lowest BCUT2D eigenvalue weighted by molar-refractivity contribution is 0.310. The molecule has 38 heavy (non-hydrogen) atoms. The molecule has 0 saturated carbocycles. The van der Waals surface area contributed by atoms with E-state index in [9.17, 15) is 15.3 Å². The maximum absolute atomic E-state index is 13.5. The fourth-order valence-electron chi connectivity index (χ4n) is 4.33. The molecular formula is C28H26N4O5S. The Balaban J connectivity index is 1.96. The molecule has 10 heteroatoms. The van der Waals surface area contributed by atoms with Crippen molar-refractivity contribution in [3.05, 3.63) is 72.6 Å². The number of aromatic nitrogens is 1. The van der Waals surface area contributed by atoms with E-state index in [0.29, 0.717) is 56.5 Å². The molecule has 1 atom stereocenters. The first-order valence-corrected chi connectivity index (χ1v) is 12.6. The third kappa shape index (κ3) is 4.58. The van der Waals surface area contributed by atoms with Gasteiger partial charge >= 0.3 is 0 Å². The largest absolute Gasteiger partial charge is 0.493 e. The normalized spacial score (nSPS) is 14.9. The number of nitriles is 2. The molecule has 0 fully saturated rings. The van der Waals surface area contributed by atoms with E-state index in [1.807, 2.05) is 13.8 Å². The van der Waals surface area contributed by atoms with Crippen LogP contribution in [-0.4, -0.2) is 32.0 Å². The summed E-state index contributed by atoms with van der Waals surface area (Å²) in [5.41, 5.74) is 7.67. The summed E-state index contributed by atoms with van der Waals surface area (Å²) in [4.78, 5) is 13.5. The summed E-state index contributed by atoms with van der Waals surface area (Å²) in [5.74, 6) is 1.35. The topological polar surface area (TPSA) is 133 Å². The zero-order valence-electron chi connectivity index (χ0n) is 21.4. The standard InChI is InChI=1S/C28H26N4O5S/c1-5-36-22-11-16(7-9-20(22)34-3)12-24-27(33)32-26(31)18(14-29)25(19(15-30)28(32)38-24)17-8-10-21(35-4)23(13-17)37-6-2/h7-13,25H,5-6,31H2,1-4H3/b24-12+/t25-/m1/s1. The van der Waals surface area contributed by atoms with Gasteiger partial charge in [0, 0.05) is 0 Å². The Hall–Kier alpha value is -4.67. The van der Waals surface area contributed by atoms with Gasteiger partial charge in [-0.3, -0.25) is 9.36 Å². The van der Waals surface area contributed by atoms with Gasteiger partial charge in [-0.15, -0.1) is 11.3 Å². The average molecular weight is 531 g/mol. The van der Waals surface area contributed by atoms with Crippen LogP contribution in [0.1, 0.15) is 30.9 Å². The molecule has 4 rings (SSSR count). The second-order valence-corrected chi connectivity index (χ2v) is 9.14. The van der Waals surface area contributed by atoms with E-state index in [4.69, 9.17) is 24.7 Å². The van der Waals surface area contributed by atoms with Crippen molar-refractivity contribution < 1.29 is 18.9 Å². The molecule has 1 aliphatic rings. The molecule has 1 aliphatic heterocycles. The number of allylic oxidation sites excluding steroid dienone is 1. The molecule has 0 aliphatic carbocycles. The number of thiazole rings is 1. The van der Waals surface area contributed by atoms with Crippen molar-refractivity contribution in [1.82, 2.24) is 4.57 Å². The number of nitrogens with two attached hydrogens (primary N) is 1. The highest BCUT2D eigenvalue weighted by Gasteiger charge is 2.32. The summed E-state index contributed by atoms with van der Waals surface area (Å²) in [5, 5.41) is 20.3. The summed E-state index contributed by atoms with van der Waals surface area (Å²) in [6, 6.07) is 14.9. The predicted molar refractivity (Wildman–Crippen MR) is 145 cm³/mol. The Bertz CT molecular complexity index is 1690. The quantitative estimate of drug-likeness (QED) is 0.470. The molecule has 0 unspecified atom stereocenters. The van der Waals surface area contributed by atoms with Crippen LogP contribution in [0.2, 0.25) is 0 Å². The number of ether oxygens (including phenoxy) is 4. The SMILES string of the molecule is CCOc1cc(/C=c2/sc3n(c2=O)C(N)=C(C#N)[C@@H](c2ccc(OC)c(OCC)c2)C=3C#N)ccc1OC. The van der Waals surface area contributed by atoms with Crippen molar-refractivity contribution >= 4 is 28.8 Å². The second-order valence-electron chi connectivity index (χ2n) is 8.11. The highest BCUT2D eigenvalue weighted by Crippen LogP contribution is 2.39. The summed E-state index contributed by atoms with van der Waals surface area (Å²) >= 11 is 1.14. The van der Waals surface area contributed by atoms with E-state index in [1.54, 1.807) is 49.6 Å². The lowest BCUT2D eigenvalue weighted by Crippen LogP contribution is -2.38. The fourth-order valence-corrected chi connectivity index (χ4v) is 5.46. The van der Waals surface area contributed by atoms with Crippen molar-refractivity contribution in [1.29, 1.82) is 10.5 Å². The van der Waals surface area contributed by atoms with Crippen LogP contribution in [0, 0.1) is 22.7 Å². The summed E-state index contributed by atoms with van der Waals surface area (Å²) in [7, 11) is 3.09. The number of hydrogen-bond donors (Lipinski definition) is 1. The first kappa shape index (κ1) is 26.4. The zero-order chi connectivity index (χ0) is 27.4. The second kappa shape index (κ2) is 11.2. The highest BCUT2D eigenvalue weighted by molar-refractivity contribution is 7.07. The van der Waals surface area contributed by atoms with E-state index < -0.39 is 11.5 Å². The van der Waals surface area contributed by atoms with Crippen LogP contribution in [0.25, 0.3) is 17.5 Å². The number of rotatable bonds is 8. The van der Waals surface area contributed by atoms with Crippen molar-refractivity contribution in [3.63, 3.8) is 0 Å². The van der Waals surface area contributed by atoms with Gasteiger partial charge in [0.2, 0.25) is 0 Å². The molecule has 2 heterocycles. The minimum atomic E-state index is -0.772. The number of methoxy groups -OCH3 is 2. The first-order valence-electron chi connectivity index (χ1n) is 11.8. The van der Waals surface area contributed by atoms with Crippen LogP contribution < -0.4 is 39.4 Å². The number of fused-ring (bicyclic) bond motifs is 1. The van der Waals surface area contributed by atoms with Gasteiger partial charge in [0.15, 0.2) is 23.0 Å². The van der Waals surface area contributed by atoms with E-state index in [0.717, 1.165) is 11.3 Å². The number of nitrogens with zero attached hydrogens (tertiary/aromatic N) is 3. The highest BCUT2D eigenvalue weighted by atomic mass is 32.1. The molecule has 194 valence electrons. The molecule has 0 saturated heterocycles. The summed E-state index contributed by atoms with van der Waals surface area (Å²) < 4.78 is 24.0. The summed E-state index contributed by atoms with van der Waals surface area (Å²) in [6.45, 7) is 4.57. The average Bonchev–Trinajstić information content (AvgIpc) is 3.24. The molecule has 0 amide bonds. The van der Waals surface area contributed by atoms with Gasteiger partial charge in [-0.25, -0.2) is 0 Å². The Morgan fingerprint density at radius 3 is 2.13 bits per heavy atom. The minimum absolute atomic E-state index is 0.00841. The molecular weight excluding hydrogens is 504 g/mol. The smallest absolute Gasteiger partial charge is 0.274 e. The maximum atomic E-state index is 13.5. The van der Waals surface area contributed by atoms with Crippen molar-refractivity contribution in [2.45, 2.75) is 19.8 Å². The Kier molecular flexibility index (Phi) is 7.75. The van der Waals surface area contributed by atoms with Gasteiger partial charge in [-0.05, 0) is 55.3 Å². The molecule has 9 nitrogen and oxygen atoms in total. The van der Waals surface area contributed by atoms with E-state index in [1.165, 1.54) is 11.7 Å². The molecule has 3 aromatic rings. The van der Waals surface area contributed by atoms with E-state index >= 15 is 0 Å². The third-order valence-corrected chi connectivity index (χ3v) is 7.10. The van der Waals surface area contributed by atoms with Gasteiger partial charge in [0.1, 0.15) is 10.5 Å². The Morgan fingerprint density at radius 2 is 1.55 bits per heavy atom. The van der Waals surface area contributed by atoms with E-state index in [-0.39, 0.29) is 17.0 Å². The van der Waals surface area contributed by atoms with Gasteiger partial charge < -0.3 is 24.7 Å². The van der Waals surface area contributed by atoms with Crippen LogP contribution >= 0.6 is 11.3 Å². The molecule has 2 N–H and O–H groups in total. The van der Waals surface area contributed by atoms with Crippen LogP contribution in [0.15, 0.2) is 46.8 Å². The number of hydrogen-bond acceptors (Lipinski definition) is 9. The van der Waals surface area contributed by atoms with Crippen molar-refractivity contribution in [2.24, 2.45) is 5.73 Å². The van der Waals surface area contributed by atoms with Gasteiger partial charge in [-0.1, -0.05) is 12.1 Å². The molecule has 0 bridgehead atoms. The van der Waals surface area contributed by atoms with Crippen LogP contribution in [0.4, 0.5) is 0 Å². The molecule has 0 radical (unpaired) electrons. The van der Waals surface area contributed by atoms with Crippen molar-refractivity contribution in [3.8, 4) is 35.1 Å². The first-order chi connectivity index (χ1) is 18.4. The van der Waals surface area contributed by atoms with Crippen LogP contribution in [-0.2, 0) is 0 Å². The van der Waals surface area contributed by atoms with E-state index in [2.05, 4.69) is 12.1 Å². The Morgan fingerprint density at radius 1 is 0.947 bits per heavy atom. The maximum Gasteiger partial charge on any atom is 0.274 e. The van der Waals surface area contributed by atoms with Gasteiger partial charge in [-0.2, -0.15) is 10.5 Å². The zero-order valence-corrected chi connectivity index (χ0v) is 22.2. The summed E-state index contributed by atoms with van der Waals surface area (Å²) in [6.07, 6.45) is 1.70. The van der Waals surface area contributed by atoms with Gasteiger partial charge in [0.25, 0.3) is 5.56 Å².